The van der Waals surface area contributed by atoms with E-state index < -0.39 is 0 Å². The number of benzene rings is 1. The molecule has 6 nitrogen and oxygen atoms in total. The van der Waals surface area contributed by atoms with Crippen LogP contribution in [0.1, 0.15) is 45.2 Å². The molecule has 2 saturated heterocycles. The summed E-state index contributed by atoms with van der Waals surface area (Å²) in [4.78, 5) is 22.0. The van der Waals surface area contributed by atoms with E-state index in [9.17, 15) is 10.1 Å². The molecule has 1 aromatic carbocycles. The maximum absolute atomic E-state index is 12.9. The first-order chi connectivity index (χ1) is 15.1. The van der Waals surface area contributed by atoms with Crippen molar-refractivity contribution in [2.24, 2.45) is 10.9 Å². The Morgan fingerprint density at radius 2 is 2.12 bits per heavy atom. The van der Waals surface area contributed by atoms with Crippen LogP contribution in [-0.2, 0) is 4.79 Å². The van der Waals surface area contributed by atoms with Gasteiger partial charge in [0.15, 0.2) is 0 Å². The molecule has 7 heteroatoms. The number of carbonyl (C=O) groups excluding carboxylic acids is 1. The molecule has 1 N–H and O–H groups in total. The van der Waals surface area contributed by atoms with Gasteiger partial charge in [0.05, 0.1) is 17.3 Å². The molecule has 2 heterocycles. The van der Waals surface area contributed by atoms with E-state index in [1.807, 2.05) is 45.1 Å². The van der Waals surface area contributed by atoms with Gasteiger partial charge in [-0.15, -0.1) is 9.24 Å². The number of allylic oxidation sites excluding steroid dienone is 2. The van der Waals surface area contributed by atoms with Gasteiger partial charge < -0.3 is 10.2 Å². The molecular weight excluding hydrogens is 417 g/mol. The van der Waals surface area contributed by atoms with Gasteiger partial charge in [-0.2, -0.15) is 5.26 Å². The number of amides is 1. The van der Waals surface area contributed by atoms with Crippen molar-refractivity contribution in [2.45, 2.75) is 58.3 Å². The van der Waals surface area contributed by atoms with Crippen LogP contribution in [0.5, 0.6) is 0 Å². The molecule has 0 aromatic heterocycles. The van der Waals surface area contributed by atoms with Crippen molar-refractivity contribution < 1.29 is 4.79 Å². The molecule has 2 fully saturated rings. The second-order valence-electron chi connectivity index (χ2n) is 9.71. The summed E-state index contributed by atoms with van der Waals surface area (Å²) in [6.07, 6.45) is 6.47. The maximum atomic E-state index is 12.9. The summed E-state index contributed by atoms with van der Waals surface area (Å²) in [7, 11) is 2.89. The molecule has 172 valence electrons. The predicted octanol–water partition coefficient (Wildman–Crippen LogP) is 3.81. The van der Waals surface area contributed by atoms with Crippen molar-refractivity contribution in [1.82, 2.24) is 10.2 Å². The van der Waals surface area contributed by atoms with Gasteiger partial charge in [0.25, 0.3) is 0 Å². The van der Waals surface area contributed by atoms with E-state index in [1.165, 1.54) is 0 Å². The Hall–Kier alpha value is -2.22. The highest BCUT2D eigenvalue weighted by molar-refractivity contribution is 7.19. The van der Waals surface area contributed by atoms with Gasteiger partial charge in [-0.3, -0.25) is 14.7 Å². The zero-order chi connectivity index (χ0) is 23.5. The second-order valence-corrected chi connectivity index (χ2v) is 11.1. The minimum absolute atomic E-state index is 0.0994. The first-order valence-electron chi connectivity index (χ1n) is 11.4. The Morgan fingerprint density at radius 1 is 1.41 bits per heavy atom. The number of nitrogens with zero attached hydrogens (tertiary/aromatic N) is 4. The Labute approximate surface area is 195 Å². The molecule has 4 atom stereocenters. The largest absolute Gasteiger partial charge is 0.369 e. The van der Waals surface area contributed by atoms with E-state index in [-0.39, 0.29) is 23.1 Å². The Morgan fingerprint density at radius 3 is 2.75 bits per heavy atom. The third-order valence-electron chi connectivity index (χ3n) is 6.41. The van der Waals surface area contributed by atoms with Crippen LogP contribution in [0, 0.1) is 24.2 Å². The smallest absolute Gasteiger partial charge is 0.237 e. The van der Waals surface area contributed by atoms with E-state index in [1.54, 1.807) is 6.21 Å². The van der Waals surface area contributed by atoms with Crippen LogP contribution in [0.2, 0.25) is 0 Å². The van der Waals surface area contributed by atoms with Crippen LogP contribution < -0.4 is 10.2 Å². The Balaban J connectivity index is 1.74. The summed E-state index contributed by atoms with van der Waals surface area (Å²) in [5.41, 5.74) is 3.37. The van der Waals surface area contributed by atoms with Crippen molar-refractivity contribution in [2.75, 3.05) is 31.1 Å². The van der Waals surface area contributed by atoms with Crippen molar-refractivity contribution in [1.29, 1.82) is 5.26 Å². The molecule has 0 radical (unpaired) electrons. The van der Waals surface area contributed by atoms with Crippen LogP contribution in [0.3, 0.4) is 0 Å². The highest BCUT2D eigenvalue weighted by Crippen LogP contribution is 2.35. The minimum Gasteiger partial charge on any atom is -0.369 e. The summed E-state index contributed by atoms with van der Waals surface area (Å²) in [5.74, 6) is 0.562. The molecule has 2 aliphatic heterocycles. The van der Waals surface area contributed by atoms with E-state index in [0.717, 1.165) is 43.9 Å². The molecule has 0 spiro atoms. The first kappa shape index (κ1) is 24.4. The molecule has 0 saturated carbocycles. The standard InChI is InChI=1S/C25H36N5OP/c1-6-7-10-27-23-18(3)22(9-8-20(23)12-26)29-13-17(2)11-21(14-29)28-24(31)19(4)30-15-25(5,32)16-30/h6-10,17,19,21H,11,13-16,32H2,1-5H3,(H,28,31)/b7-6+,27-10-/t17-,19?,21+/m0/s1. The molecule has 2 aliphatic rings. The Kier molecular flexibility index (Phi) is 7.75. The predicted molar refractivity (Wildman–Crippen MR) is 136 cm³/mol. The molecule has 3 rings (SSSR count). The lowest BCUT2D eigenvalue weighted by molar-refractivity contribution is -0.128. The number of carbonyl (C=O) groups is 1. The Bertz CT molecular complexity index is 940. The van der Waals surface area contributed by atoms with Gasteiger partial charge in [0.2, 0.25) is 5.91 Å². The quantitative estimate of drug-likeness (QED) is 0.525. The third kappa shape index (κ3) is 5.57. The summed E-state index contributed by atoms with van der Waals surface area (Å²) in [5, 5.41) is 13.1. The molecule has 0 bridgehead atoms. The molecular formula is C25H36N5OP. The van der Waals surface area contributed by atoms with Gasteiger partial charge in [0, 0.05) is 49.3 Å². The van der Waals surface area contributed by atoms with Crippen molar-refractivity contribution in [3.8, 4) is 6.07 Å². The topological polar surface area (TPSA) is 71.7 Å². The van der Waals surface area contributed by atoms with Crippen LogP contribution in [0.25, 0.3) is 0 Å². The number of nitriles is 1. The van der Waals surface area contributed by atoms with E-state index in [4.69, 9.17) is 0 Å². The minimum atomic E-state index is -0.112. The number of likely N-dealkylation sites (tertiary alicyclic amines) is 1. The first-order valence-corrected chi connectivity index (χ1v) is 12.0. The lowest BCUT2D eigenvalue weighted by Gasteiger charge is -2.48. The number of hydrogen-bond donors (Lipinski definition) is 1. The zero-order valence-corrected chi connectivity index (χ0v) is 21.1. The number of nitrogens with one attached hydrogen (secondary N) is 1. The van der Waals surface area contributed by atoms with E-state index >= 15 is 0 Å². The molecule has 32 heavy (non-hydrogen) atoms. The number of rotatable bonds is 6. The molecule has 1 amide bonds. The van der Waals surface area contributed by atoms with Gasteiger partial charge in [-0.25, -0.2) is 0 Å². The third-order valence-corrected chi connectivity index (χ3v) is 6.77. The van der Waals surface area contributed by atoms with Gasteiger partial charge in [0.1, 0.15) is 6.07 Å². The molecule has 2 unspecified atom stereocenters. The van der Waals surface area contributed by atoms with Crippen molar-refractivity contribution in [3.05, 3.63) is 35.4 Å². The highest BCUT2D eigenvalue weighted by Gasteiger charge is 2.39. The number of hydrogen-bond acceptors (Lipinski definition) is 5. The second kappa shape index (κ2) is 10.1. The van der Waals surface area contributed by atoms with Crippen molar-refractivity contribution >= 4 is 32.7 Å². The fraction of sp³-hybridized carbons (Fsp3) is 0.560. The van der Waals surface area contributed by atoms with Gasteiger partial charge >= 0.3 is 0 Å². The van der Waals surface area contributed by atoms with Crippen LogP contribution in [-0.4, -0.2) is 60.4 Å². The monoisotopic (exact) mass is 453 g/mol. The lowest BCUT2D eigenvalue weighted by Crippen LogP contribution is -2.63. The van der Waals surface area contributed by atoms with Gasteiger partial charge in [-0.1, -0.05) is 19.9 Å². The summed E-state index contributed by atoms with van der Waals surface area (Å²) in [6.45, 7) is 13.9. The van der Waals surface area contributed by atoms with Crippen molar-refractivity contribution in [3.63, 3.8) is 0 Å². The fourth-order valence-electron chi connectivity index (χ4n) is 4.79. The number of aliphatic imine (C=N–C) groups is 1. The summed E-state index contributed by atoms with van der Waals surface area (Å²) in [6, 6.07) is 6.11. The fourth-order valence-corrected chi connectivity index (χ4v) is 5.26. The molecule has 0 aliphatic carbocycles. The van der Waals surface area contributed by atoms with Crippen LogP contribution in [0.15, 0.2) is 29.3 Å². The zero-order valence-electron chi connectivity index (χ0n) is 19.9. The van der Waals surface area contributed by atoms with Gasteiger partial charge in [-0.05, 0) is 56.9 Å². The normalized spacial score (nSPS) is 24.3. The number of anilines is 1. The summed E-state index contributed by atoms with van der Waals surface area (Å²) >= 11 is 0. The lowest BCUT2D eigenvalue weighted by atomic mass is 9.93. The van der Waals surface area contributed by atoms with E-state index in [0.29, 0.717) is 17.2 Å². The van der Waals surface area contributed by atoms with Crippen LogP contribution in [0.4, 0.5) is 11.4 Å². The maximum Gasteiger partial charge on any atom is 0.237 e. The SMILES string of the molecule is C/C=C/C=N\c1c(C#N)ccc(N2C[C@@H](C)C[C@@H](NC(=O)C(C)N3CC(C)(P)C3)C2)c1C. The van der Waals surface area contributed by atoms with Crippen LogP contribution >= 0.6 is 9.24 Å². The highest BCUT2D eigenvalue weighted by atomic mass is 31.0. The average molecular weight is 454 g/mol. The van der Waals surface area contributed by atoms with E-state index in [2.05, 4.69) is 49.3 Å². The average Bonchev–Trinajstić information content (AvgIpc) is 2.72. The number of piperidine rings is 1. The molecule has 1 aromatic rings. The summed E-state index contributed by atoms with van der Waals surface area (Å²) < 4.78 is 0.